The van der Waals surface area contributed by atoms with Crippen molar-refractivity contribution in [2.75, 3.05) is 6.61 Å². The van der Waals surface area contributed by atoms with Crippen LogP contribution in [0, 0.1) is 11.8 Å². The fourth-order valence-corrected chi connectivity index (χ4v) is 1.63. The molecule has 0 rings (SSSR count). The first kappa shape index (κ1) is 14.8. The molecule has 92 valence electrons. The topological polar surface area (TPSA) is 60.4 Å². The van der Waals surface area contributed by atoms with Crippen LogP contribution >= 0.6 is 0 Å². The van der Waals surface area contributed by atoms with Gasteiger partial charge in [0.15, 0.2) is 17.5 Å². The Morgan fingerprint density at radius 2 is 1.56 bits per heavy atom. The summed E-state index contributed by atoms with van der Waals surface area (Å²) in [5.41, 5.74) is 0. The third-order valence-electron chi connectivity index (χ3n) is 2.60. The van der Waals surface area contributed by atoms with Crippen LogP contribution in [0.3, 0.4) is 0 Å². The molecule has 0 saturated carbocycles. The molecule has 4 nitrogen and oxygen atoms in total. The highest BCUT2D eigenvalue weighted by molar-refractivity contribution is 6.17. The third kappa shape index (κ3) is 3.76. The van der Waals surface area contributed by atoms with E-state index in [4.69, 9.17) is 4.74 Å². The molecular formula is C12H20O4. The van der Waals surface area contributed by atoms with E-state index in [2.05, 4.69) is 0 Å². The number of rotatable bonds is 7. The zero-order chi connectivity index (χ0) is 12.7. The molecular weight excluding hydrogens is 208 g/mol. The van der Waals surface area contributed by atoms with Gasteiger partial charge in [-0.3, -0.25) is 14.4 Å². The monoisotopic (exact) mass is 228 g/mol. The Balaban J connectivity index is 4.84. The van der Waals surface area contributed by atoms with Gasteiger partial charge in [-0.2, -0.15) is 0 Å². The van der Waals surface area contributed by atoms with E-state index in [-0.39, 0.29) is 18.3 Å². The third-order valence-corrected chi connectivity index (χ3v) is 2.60. The molecule has 0 radical (unpaired) electrons. The number of ketones is 2. The van der Waals surface area contributed by atoms with Gasteiger partial charge in [-0.05, 0) is 26.7 Å². The van der Waals surface area contributed by atoms with Gasteiger partial charge in [0.25, 0.3) is 0 Å². The molecule has 0 spiro atoms. The van der Waals surface area contributed by atoms with Crippen LogP contribution in [0.5, 0.6) is 0 Å². The second-order valence-electron chi connectivity index (χ2n) is 3.71. The minimum absolute atomic E-state index is 0.179. The Morgan fingerprint density at radius 3 is 1.88 bits per heavy atom. The van der Waals surface area contributed by atoms with Gasteiger partial charge in [0, 0.05) is 5.92 Å². The van der Waals surface area contributed by atoms with Gasteiger partial charge in [0.1, 0.15) is 0 Å². The molecule has 0 N–H and O–H groups in total. The molecule has 0 aromatic rings. The molecule has 0 aliphatic rings. The van der Waals surface area contributed by atoms with Crippen molar-refractivity contribution < 1.29 is 19.1 Å². The first-order valence-electron chi connectivity index (χ1n) is 5.70. The molecule has 1 unspecified atom stereocenters. The van der Waals surface area contributed by atoms with Crippen molar-refractivity contribution in [3.8, 4) is 0 Å². The lowest BCUT2D eigenvalue weighted by atomic mass is 9.87. The van der Waals surface area contributed by atoms with Gasteiger partial charge >= 0.3 is 5.97 Å². The predicted octanol–water partition coefficient (Wildman–Crippen LogP) is 1.76. The number of carbonyl (C=O) groups is 3. The Kier molecular flexibility index (Phi) is 6.61. The summed E-state index contributed by atoms with van der Waals surface area (Å²) >= 11 is 0. The van der Waals surface area contributed by atoms with Crippen LogP contribution in [-0.4, -0.2) is 24.1 Å². The molecule has 16 heavy (non-hydrogen) atoms. The van der Waals surface area contributed by atoms with Gasteiger partial charge in [-0.25, -0.2) is 0 Å². The van der Waals surface area contributed by atoms with Gasteiger partial charge < -0.3 is 4.74 Å². The van der Waals surface area contributed by atoms with E-state index >= 15 is 0 Å². The van der Waals surface area contributed by atoms with Crippen molar-refractivity contribution >= 4 is 17.5 Å². The van der Waals surface area contributed by atoms with Crippen LogP contribution in [0.1, 0.15) is 40.5 Å². The first-order chi connectivity index (χ1) is 7.49. The normalized spacial score (nSPS) is 12.3. The molecule has 0 amide bonds. The first-order valence-corrected chi connectivity index (χ1v) is 5.70. The maximum atomic E-state index is 11.9. The lowest BCUT2D eigenvalue weighted by Gasteiger charge is -2.17. The molecule has 1 atom stereocenters. The number of hydrogen-bond acceptors (Lipinski definition) is 4. The molecule has 0 aliphatic carbocycles. The van der Waals surface area contributed by atoms with Crippen molar-refractivity contribution in [3.63, 3.8) is 0 Å². The second-order valence-corrected chi connectivity index (χ2v) is 3.71. The number of Topliss-reactive ketones (excluding diaryl/α,β-unsaturated/α-hetero) is 2. The molecule has 0 aliphatic heterocycles. The van der Waals surface area contributed by atoms with E-state index in [1.807, 2.05) is 13.8 Å². The summed E-state index contributed by atoms with van der Waals surface area (Å²) in [5.74, 6) is -2.93. The lowest BCUT2D eigenvalue weighted by Crippen LogP contribution is -2.35. The number of hydrogen-bond donors (Lipinski definition) is 0. The quantitative estimate of drug-likeness (QED) is 0.492. The van der Waals surface area contributed by atoms with Gasteiger partial charge in [-0.1, -0.05) is 13.8 Å². The summed E-state index contributed by atoms with van der Waals surface area (Å²) in [7, 11) is 0. The lowest BCUT2D eigenvalue weighted by molar-refractivity contribution is -0.155. The van der Waals surface area contributed by atoms with E-state index < -0.39 is 17.7 Å². The highest BCUT2D eigenvalue weighted by Gasteiger charge is 2.35. The van der Waals surface area contributed by atoms with Crippen LogP contribution in [0.25, 0.3) is 0 Å². The van der Waals surface area contributed by atoms with E-state index in [0.29, 0.717) is 12.8 Å². The van der Waals surface area contributed by atoms with Crippen LogP contribution in [0.2, 0.25) is 0 Å². The maximum absolute atomic E-state index is 11.9. The molecule has 0 heterocycles. The molecule has 0 bridgehead atoms. The molecule has 0 aromatic carbocycles. The highest BCUT2D eigenvalue weighted by Crippen LogP contribution is 2.17. The fraction of sp³-hybridized carbons (Fsp3) is 0.750. The summed E-state index contributed by atoms with van der Waals surface area (Å²) in [4.78, 5) is 34.8. The Bertz CT molecular complexity index is 266. The average molecular weight is 228 g/mol. The molecule has 0 fully saturated rings. The summed E-state index contributed by atoms with van der Waals surface area (Å²) in [6.45, 7) is 6.82. The average Bonchev–Trinajstić information content (AvgIpc) is 2.19. The zero-order valence-corrected chi connectivity index (χ0v) is 10.4. The van der Waals surface area contributed by atoms with E-state index in [1.54, 1.807) is 6.92 Å². The van der Waals surface area contributed by atoms with Crippen LogP contribution < -0.4 is 0 Å². The molecule has 0 aromatic heterocycles. The van der Waals surface area contributed by atoms with Gasteiger partial charge in [0.05, 0.1) is 6.61 Å². The largest absolute Gasteiger partial charge is 0.465 e. The minimum Gasteiger partial charge on any atom is -0.465 e. The number of carbonyl (C=O) groups excluding carboxylic acids is 3. The SMILES string of the molecule is CCOC(=O)C(C(C)=O)C(=O)C(CC)CC. The van der Waals surface area contributed by atoms with Crippen molar-refractivity contribution in [1.29, 1.82) is 0 Å². The van der Waals surface area contributed by atoms with E-state index in [1.165, 1.54) is 6.92 Å². The van der Waals surface area contributed by atoms with Crippen molar-refractivity contribution in [1.82, 2.24) is 0 Å². The minimum atomic E-state index is -1.23. The van der Waals surface area contributed by atoms with Crippen LogP contribution in [-0.2, 0) is 19.1 Å². The summed E-state index contributed by atoms with van der Waals surface area (Å²) < 4.78 is 4.75. The van der Waals surface area contributed by atoms with Gasteiger partial charge in [0.2, 0.25) is 0 Å². The smallest absolute Gasteiger partial charge is 0.324 e. The summed E-state index contributed by atoms with van der Waals surface area (Å²) in [6.07, 6.45) is 1.27. The van der Waals surface area contributed by atoms with Crippen molar-refractivity contribution in [2.45, 2.75) is 40.5 Å². The Morgan fingerprint density at radius 1 is 1.06 bits per heavy atom. The zero-order valence-electron chi connectivity index (χ0n) is 10.4. The van der Waals surface area contributed by atoms with Crippen molar-refractivity contribution in [3.05, 3.63) is 0 Å². The van der Waals surface area contributed by atoms with Crippen molar-refractivity contribution in [2.24, 2.45) is 11.8 Å². The summed E-state index contributed by atoms with van der Waals surface area (Å²) in [6, 6.07) is 0. The second kappa shape index (κ2) is 7.14. The Hall–Kier alpha value is -1.19. The maximum Gasteiger partial charge on any atom is 0.324 e. The number of esters is 1. The van der Waals surface area contributed by atoms with Gasteiger partial charge in [-0.15, -0.1) is 0 Å². The highest BCUT2D eigenvalue weighted by atomic mass is 16.5. The van der Waals surface area contributed by atoms with Crippen LogP contribution in [0.4, 0.5) is 0 Å². The fourth-order valence-electron chi connectivity index (χ4n) is 1.63. The summed E-state index contributed by atoms with van der Waals surface area (Å²) in [5, 5.41) is 0. The predicted molar refractivity (Wildman–Crippen MR) is 59.9 cm³/mol. The Labute approximate surface area is 96.4 Å². The van der Waals surface area contributed by atoms with Crippen LogP contribution in [0.15, 0.2) is 0 Å². The molecule has 0 saturated heterocycles. The standard InChI is InChI=1S/C12H20O4/c1-5-9(6-2)11(14)10(8(4)13)12(15)16-7-3/h9-10H,5-7H2,1-4H3. The van der Waals surface area contributed by atoms with E-state index in [0.717, 1.165) is 0 Å². The van der Waals surface area contributed by atoms with E-state index in [9.17, 15) is 14.4 Å². The number of ether oxygens (including phenoxy) is 1. The molecule has 4 heteroatoms.